The Morgan fingerprint density at radius 1 is 1.14 bits per heavy atom. The predicted octanol–water partition coefficient (Wildman–Crippen LogP) is 4.27. The molecule has 5 nitrogen and oxygen atoms in total. The smallest absolute Gasteiger partial charge is 0.350 e. The highest BCUT2D eigenvalue weighted by atomic mass is 19.4. The molecule has 2 heterocycles. The molecule has 0 saturated heterocycles. The van der Waals surface area contributed by atoms with Crippen LogP contribution in [0.3, 0.4) is 0 Å². The number of halogens is 3. The lowest BCUT2D eigenvalue weighted by atomic mass is 10.1. The van der Waals surface area contributed by atoms with Crippen molar-refractivity contribution in [1.82, 2.24) is 20.1 Å². The van der Waals surface area contributed by atoms with E-state index in [-0.39, 0.29) is 12.1 Å². The molecule has 1 aromatic carbocycles. The lowest BCUT2D eigenvalue weighted by Gasteiger charge is -2.10. The van der Waals surface area contributed by atoms with E-state index in [0.29, 0.717) is 12.5 Å². The topological polar surface area (TPSA) is 59.8 Å². The molecule has 0 radical (unpaired) electrons. The third kappa shape index (κ3) is 4.47. The molecule has 0 unspecified atom stereocenters. The maximum Gasteiger partial charge on any atom is 0.416 e. The van der Waals surface area contributed by atoms with Gasteiger partial charge in [0.2, 0.25) is 0 Å². The SMILES string of the molecule is O=C(NCCn1nc(-c2ccncc2)cc1C1CC1)c1cccc(C(F)(F)F)c1. The van der Waals surface area contributed by atoms with Crippen LogP contribution >= 0.6 is 0 Å². The summed E-state index contributed by atoms with van der Waals surface area (Å²) in [6.07, 6.45) is 1.16. The van der Waals surface area contributed by atoms with Crippen molar-refractivity contribution in [2.45, 2.75) is 31.5 Å². The monoisotopic (exact) mass is 400 g/mol. The van der Waals surface area contributed by atoms with Gasteiger partial charge in [0.25, 0.3) is 5.91 Å². The molecule has 3 aromatic rings. The highest BCUT2D eigenvalue weighted by Crippen LogP contribution is 2.41. The first kappa shape index (κ1) is 19.2. The molecule has 150 valence electrons. The third-order valence-corrected chi connectivity index (χ3v) is 4.84. The summed E-state index contributed by atoms with van der Waals surface area (Å²) in [5, 5.41) is 7.33. The largest absolute Gasteiger partial charge is 0.416 e. The molecule has 0 bridgehead atoms. The van der Waals surface area contributed by atoms with E-state index < -0.39 is 17.6 Å². The number of alkyl halides is 3. The van der Waals surface area contributed by atoms with Crippen molar-refractivity contribution in [3.8, 4) is 11.3 Å². The van der Waals surface area contributed by atoms with Crippen molar-refractivity contribution in [2.75, 3.05) is 6.54 Å². The molecule has 8 heteroatoms. The van der Waals surface area contributed by atoms with Crippen LogP contribution in [0.2, 0.25) is 0 Å². The van der Waals surface area contributed by atoms with Crippen LogP contribution in [0.4, 0.5) is 13.2 Å². The van der Waals surface area contributed by atoms with Crippen molar-refractivity contribution in [2.24, 2.45) is 0 Å². The Morgan fingerprint density at radius 2 is 1.90 bits per heavy atom. The van der Waals surface area contributed by atoms with E-state index in [1.807, 2.05) is 16.8 Å². The molecule has 1 fully saturated rings. The van der Waals surface area contributed by atoms with Gasteiger partial charge in [0, 0.05) is 41.7 Å². The molecule has 1 aliphatic rings. The van der Waals surface area contributed by atoms with Gasteiger partial charge in [-0.3, -0.25) is 14.5 Å². The van der Waals surface area contributed by atoms with Gasteiger partial charge in [-0.25, -0.2) is 0 Å². The van der Waals surface area contributed by atoms with Gasteiger partial charge in [-0.05, 0) is 49.2 Å². The van der Waals surface area contributed by atoms with Gasteiger partial charge in [0.1, 0.15) is 0 Å². The summed E-state index contributed by atoms with van der Waals surface area (Å²) in [5.41, 5.74) is 2.08. The number of carbonyl (C=O) groups excluding carboxylic acids is 1. The number of hydrogen-bond acceptors (Lipinski definition) is 3. The van der Waals surface area contributed by atoms with Crippen LogP contribution in [0.1, 0.15) is 40.4 Å². The van der Waals surface area contributed by atoms with Gasteiger partial charge in [0.15, 0.2) is 0 Å². The molecule has 1 N–H and O–H groups in total. The summed E-state index contributed by atoms with van der Waals surface area (Å²) in [6.45, 7) is 0.716. The molecular weight excluding hydrogens is 381 g/mol. The molecule has 0 atom stereocenters. The maximum absolute atomic E-state index is 12.8. The Labute approximate surface area is 165 Å². The second-order valence-electron chi connectivity index (χ2n) is 7.02. The van der Waals surface area contributed by atoms with E-state index in [2.05, 4.69) is 21.5 Å². The van der Waals surface area contributed by atoms with Crippen LogP contribution in [0.5, 0.6) is 0 Å². The molecule has 1 saturated carbocycles. The third-order valence-electron chi connectivity index (χ3n) is 4.84. The number of amides is 1. The zero-order valence-corrected chi connectivity index (χ0v) is 15.5. The fourth-order valence-corrected chi connectivity index (χ4v) is 3.20. The van der Waals surface area contributed by atoms with E-state index in [1.165, 1.54) is 12.1 Å². The fourth-order valence-electron chi connectivity index (χ4n) is 3.20. The van der Waals surface area contributed by atoms with E-state index in [1.54, 1.807) is 12.4 Å². The quantitative estimate of drug-likeness (QED) is 0.672. The van der Waals surface area contributed by atoms with E-state index in [4.69, 9.17) is 0 Å². The lowest BCUT2D eigenvalue weighted by molar-refractivity contribution is -0.137. The van der Waals surface area contributed by atoms with Gasteiger partial charge in [-0.1, -0.05) is 6.07 Å². The van der Waals surface area contributed by atoms with Crippen molar-refractivity contribution in [3.05, 3.63) is 71.7 Å². The van der Waals surface area contributed by atoms with Crippen molar-refractivity contribution < 1.29 is 18.0 Å². The van der Waals surface area contributed by atoms with Crippen LogP contribution in [0.25, 0.3) is 11.3 Å². The summed E-state index contributed by atoms with van der Waals surface area (Å²) in [7, 11) is 0. The number of pyridine rings is 1. The van der Waals surface area contributed by atoms with Crippen LogP contribution in [0, 0.1) is 0 Å². The summed E-state index contributed by atoms with van der Waals surface area (Å²) in [5.74, 6) is -0.0668. The van der Waals surface area contributed by atoms with Crippen LogP contribution < -0.4 is 5.32 Å². The van der Waals surface area contributed by atoms with E-state index in [9.17, 15) is 18.0 Å². The van der Waals surface area contributed by atoms with Crippen molar-refractivity contribution in [3.63, 3.8) is 0 Å². The minimum absolute atomic E-state index is 0.0137. The first-order valence-corrected chi connectivity index (χ1v) is 9.35. The summed E-state index contributed by atoms with van der Waals surface area (Å²) in [4.78, 5) is 16.3. The standard InChI is InChI=1S/C21H19F3N4O/c22-21(23,24)17-3-1-2-16(12-17)20(29)26-10-11-28-19(15-4-5-15)13-18(27-28)14-6-8-25-9-7-14/h1-3,6-9,12-13,15H,4-5,10-11H2,(H,26,29). The van der Waals surface area contributed by atoms with Gasteiger partial charge in [-0.15, -0.1) is 0 Å². The Balaban J connectivity index is 1.43. The number of nitrogens with zero attached hydrogens (tertiary/aromatic N) is 3. The van der Waals surface area contributed by atoms with Crippen LogP contribution in [-0.4, -0.2) is 27.2 Å². The minimum atomic E-state index is -4.48. The molecule has 1 aliphatic carbocycles. The van der Waals surface area contributed by atoms with Crippen molar-refractivity contribution in [1.29, 1.82) is 0 Å². The van der Waals surface area contributed by atoms with Crippen LogP contribution in [0.15, 0.2) is 54.9 Å². The summed E-state index contributed by atoms with van der Waals surface area (Å²) in [6, 6.07) is 10.2. The molecule has 1 amide bonds. The Kier molecular flexibility index (Phi) is 5.08. The molecule has 29 heavy (non-hydrogen) atoms. The van der Waals surface area contributed by atoms with Gasteiger partial charge in [0.05, 0.1) is 17.8 Å². The van der Waals surface area contributed by atoms with Crippen molar-refractivity contribution >= 4 is 5.91 Å². The van der Waals surface area contributed by atoms with E-state index in [0.717, 1.165) is 41.9 Å². The Bertz CT molecular complexity index is 1010. The summed E-state index contributed by atoms with van der Waals surface area (Å²) < 4.78 is 40.4. The molecule has 4 rings (SSSR count). The molecular formula is C21H19F3N4O. The first-order valence-electron chi connectivity index (χ1n) is 9.35. The average Bonchev–Trinajstić information content (AvgIpc) is 3.48. The van der Waals surface area contributed by atoms with Gasteiger partial charge >= 0.3 is 6.18 Å². The van der Waals surface area contributed by atoms with E-state index >= 15 is 0 Å². The van der Waals surface area contributed by atoms with Gasteiger partial charge in [-0.2, -0.15) is 18.3 Å². The maximum atomic E-state index is 12.8. The number of hydrogen-bond donors (Lipinski definition) is 1. The highest BCUT2D eigenvalue weighted by Gasteiger charge is 2.31. The number of rotatable bonds is 6. The summed E-state index contributed by atoms with van der Waals surface area (Å²) >= 11 is 0. The zero-order chi connectivity index (χ0) is 20.4. The second-order valence-corrected chi connectivity index (χ2v) is 7.02. The highest BCUT2D eigenvalue weighted by molar-refractivity contribution is 5.94. The number of nitrogens with one attached hydrogen (secondary N) is 1. The molecule has 0 spiro atoms. The Morgan fingerprint density at radius 3 is 2.59 bits per heavy atom. The number of benzene rings is 1. The fraction of sp³-hybridized carbons (Fsp3) is 0.286. The van der Waals surface area contributed by atoms with Crippen LogP contribution in [-0.2, 0) is 12.7 Å². The zero-order valence-electron chi connectivity index (χ0n) is 15.5. The molecule has 0 aliphatic heterocycles. The molecule has 2 aromatic heterocycles. The number of aromatic nitrogens is 3. The second kappa shape index (κ2) is 7.69. The van der Waals surface area contributed by atoms with Gasteiger partial charge < -0.3 is 5.32 Å². The normalized spacial score (nSPS) is 14.0. The number of carbonyl (C=O) groups is 1. The average molecular weight is 400 g/mol. The minimum Gasteiger partial charge on any atom is -0.350 e. The Hall–Kier alpha value is -3.16. The first-order chi connectivity index (χ1) is 13.9. The predicted molar refractivity (Wildman–Crippen MR) is 101 cm³/mol. The lowest BCUT2D eigenvalue weighted by Crippen LogP contribution is -2.28.